The van der Waals surface area contributed by atoms with Gasteiger partial charge in [-0.1, -0.05) is 37.3 Å². The summed E-state index contributed by atoms with van der Waals surface area (Å²) in [6.07, 6.45) is 1.95. The molecule has 0 spiro atoms. The molecule has 0 unspecified atom stereocenters. The molecule has 1 saturated heterocycles. The van der Waals surface area contributed by atoms with Crippen LogP contribution in [0.4, 0.5) is 9.52 Å². The number of rotatable bonds is 5. The molecule has 25 heavy (non-hydrogen) atoms. The van der Waals surface area contributed by atoms with Gasteiger partial charge >= 0.3 is 0 Å². The second kappa shape index (κ2) is 7.58. The first kappa shape index (κ1) is 17.9. The van der Waals surface area contributed by atoms with Crippen molar-refractivity contribution in [3.8, 4) is 0 Å². The van der Waals surface area contributed by atoms with Crippen molar-refractivity contribution >= 4 is 22.4 Å². The van der Waals surface area contributed by atoms with Gasteiger partial charge in [0, 0.05) is 19.6 Å². The number of nitrogens with zero attached hydrogens (tertiary/aromatic N) is 2. The molecule has 1 fully saturated rings. The summed E-state index contributed by atoms with van der Waals surface area (Å²) in [4.78, 5) is 13.1. The molecule has 1 N–H and O–H groups in total. The molecule has 1 aromatic heterocycles. The fourth-order valence-electron chi connectivity index (χ4n) is 3.09. The van der Waals surface area contributed by atoms with Crippen LogP contribution in [0.5, 0.6) is 0 Å². The fraction of sp³-hybridized carbons (Fsp3) is 0.500. The van der Waals surface area contributed by atoms with Gasteiger partial charge in [-0.2, -0.15) is 0 Å². The highest BCUT2D eigenvalue weighted by molar-refractivity contribution is 7.15. The van der Waals surface area contributed by atoms with E-state index in [0.717, 1.165) is 17.0 Å². The van der Waals surface area contributed by atoms with Crippen LogP contribution >= 0.6 is 11.3 Å². The first-order valence-corrected chi connectivity index (χ1v) is 9.29. The van der Waals surface area contributed by atoms with Gasteiger partial charge in [-0.3, -0.25) is 10.1 Å². The van der Waals surface area contributed by atoms with Gasteiger partial charge in [0.25, 0.3) is 0 Å². The Balaban J connectivity index is 1.82. The van der Waals surface area contributed by atoms with Gasteiger partial charge in [0.05, 0.1) is 5.41 Å². The Morgan fingerprint density at radius 3 is 2.60 bits per heavy atom. The van der Waals surface area contributed by atoms with Gasteiger partial charge in [0.2, 0.25) is 11.0 Å². The van der Waals surface area contributed by atoms with E-state index in [0.29, 0.717) is 37.1 Å². The third-order valence-corrected chi connectivity index (χ3v) is 5.31. The Labute approximate surface area is 150 Å². The molecular formula is C18H22FN3O2S. The Bertz CT molecular complexity index is 724. The van der Waals surface area contributed by atoms with Crippen molar-refractivity contribution in [2.24, 2.45) is 5.92 Å². The number of ether oxygens (including phenoxy) is 1. The van der Waals surface area contributed by atoms with Crippen LogP contribution in [-0.4, -0.2) is 29.3 Å². The first-order valence-electron chi connectivity index (χ1n) is 8.47. The topological polar surface area (TPSA) is 64.1 Å². The Kier molecular flexibility index (Phi) is 5.44. The molecule has 0 saturated carbocycles. The van der Waals surface area contributed by atoms with Crippen LogP contribution in [0.2, 0.25) is 0 Å². The summed E-state index contributed by atoms with van der Waals surface area (Å²) in [6.45, 7) is 5.23. The molecule has 0 radical (unpaired) electrons. The fourth-order valence-corrected chi connectivity index (χ4v) is 4.04. The maximum atomic E-state index is 13.3. The number of hydrogen-bond acceptors (Lipinski definition) is 5. The zero-order valence-electron chi connectivity index (χ0n) is 14.4. The maximum absolute atomic E-state index is 13.3. The minimum Gasteiger partial charge on any atom is -0.381 e. The molecule has 1 aliphatic rings. The highest BCUT2D eigenvalue weighted by atomic mass is 32.1. The number of nitrogens with one attached hydrogen (secondary N) is 1. The van der Waals surface area contributed by atoms with Gasteiger partial charge in [0.1, 0.15) is 10.8 Å². The molecule has 2 heterocycles. The van der Waals surface area contributed by atoms with Gasteiger partial charge < -0.3 is 4.74 Å². The first-order chi connectivity index (χ1) is 12.0. The number of benzene rings is 1. The quantitative estimate of drug-likeness (QED) is 0.882. The monoisotopic (exact) mass is 363 g/mol. The average Bonchev–Trinajstić information content (AvgIpc) is 3.02. The van der Waals surface area contributed by atoms with E-state index in [1.54, 1.807) is 12.1 Å². The zero-order chi connectivity index (χ0) is 17.9. The van der Waals surface area contributed by atoms with Crippen LogP contribution in [0.15, 0.2) is 24.3 Å². The summed E-state index contributed by atoms with van der Waals surface area (Å²) in [5.74, 6) is 0.0426. The number of hydrogen-bond donors (Lipinski definition) is 1. The highest BCUT2D eigenvalue weighted by Gasteiger charge is 2.42. The van der Waals surface area contributed by atoms with Gasteiger partial charge in [0.15, 0.2) is 0 Å². The van der Waals surface area contributed by atoms with Crippen LogP contribution in [0.1, 0.15) is 37.3 Å². The molecule has 7 heteroatoms. The molecule has 2 aromatic rings. The summed E-state index contributed by atoms with van der Waals surface area (Å²) in [5, 5.41) is 12.6. The van der Waals surface area contributed by atoms with Crippen molar-refractivity contribution < 1.29 is 13.9 Å². The molecule has 1 amide bonds. The van der Waals surface area contributed by atoms with E-state index in [4.69, 9.17) is 4.74 Å². The summed E-state index contributed by atoms with van der Waals surface area (Å²) < 4.78 is 18.7. The summed E-state index contributed by atoms with van der Waals surface area (Å²) >= 11 is 1.40. The lowest BCUT2D eigenvalue weighted by atomic mass is 9.73. The van der Waals surface area contributed by atoms with Crippen LogP contribution in [0, 0.1) is 11.7 Å². The Morgan fingerprint density at radius 1 is 1.28 bits per heavy atom. The molecule has 3 rings (SSSR count). The van der Waals surface area contributed by atoms with Crippen molar-refractivity contribution in [1.82, 2.24) is 10.2 Å². The minimum atomic E-state index is -0.726. The van der Waals surface area contributed by atoms with Crippen LogP contribution < -0.4 is 5.32 Å². The molecule has 0 bridgehead atoms. The van der Waals surface area contributed by atoms with Gasteiger partial charge in [-0.25, -0.2) is 4.39 Å². The average molecular weight is 363 g/mol. The van der Waals surface area contributed by atoms with E-state index in [9.17, 15) is 9.18 Å². The number of halogens is 1. The predicted molar refractivity (Wildman–Crippen MR) is 95.2 cm³/mol. The second-order valence-corrected chi connectivity index (χ2v) is 7.82. The number of carbonyl (C=O) groups excluding carboxylic acids is 1. The van der Waals surface area contributed by atoms with Crippen molar-refractivity contribution in [2.75, 3.05) is 18.5 Å². The van der Waals surface area contributed by atoms with Crippen LogP contribution in [-0.2, 0) is 21.4 Å². The lowest BCUT2D eigenvalue weighted by Gasteiger charge is -2.35. The smallest absolute Gasteiger partial charge is 0.237 e. The lowest BCUT2D eigenvalue weighted by Crippen LogP contribution is -2.44. The van der Waals surface area contributed by atoms with E-state index < -0.39 is 5.41 Å². The lowest BCUT2D eigenvalue weighted by molar-refractivity contribution is -0.125. The number of amides is 1. The van der Waals surface area contributed by atoms with Crippen molar-refractivity contribution in [3.05, 3.63) is 40.7 Å². The second-order valence-electron chi connectivity index (χ2n) is 6.75. The zero-order valence-corrected chi connectivity index (χ0v) is 15.2. The summed E-state index contributed by atoms with van der Waals surface area (Å²) in [7, 11) is 0. The van der Waals surface area contributed by atoms with E-state index in [1.807, 2.05) is 0 Å². The SMILES string of the molecule is CC(C)Cc1nnc(NC(=O)C2(c3ccc(F)cc3)CCOCC2)s1. The summed E-state index contributed by atoms with van der Waals surface area (Å²) in [5.41, 5.74) is 0.0807. The molecule has 1 aromatic carbocycles. The third kappa shape index (κ3) is 4.04. The highest BCUT2D eigenvalue weighted by Crippen LogP contribution is 2.36. The molecular weight excluding hydrogens is 341 g/mol. The molecule has 0 aliphatic carbocycles. The standard InChI is InChI=1S/C18H22FN3O2S/c1-12(2)11-15-21-22-17(25-15)20-16(23)18(7-9-24-10-8-18)13-3-5-14(19)6-4-13/h3-6,12H,7-11H2,1-2H3,(H,20,22,23). The number of anilines is 1. The molecule has 0 atom stereocenters. The third-order valence-electron chi connectivity index (χ3n) is 4.45. The predicted octanol–water partition coefficient (Wildman–Crippen LogP) is 3.56. The van der Waals surface area contributed by atoms with Gasteiger partial charge in [-0.05, 0) is 36.5 Å². The normalized spacial score (nSPS) is 16.8. The van der Waals surface area contributed by atoms with Crippen LogP contribution in [0.3, 0.4) is 0 Å². The number of carbonyl (C=O) groups is 1. The van der Waals surface area contributed by atoms with E-state index >= 15 is 0 Å². The van der Waals surface area contributed by atoms with Gasteiger partial charge in [-0.15, -0.1) is 10.2 Å². The van der Waals surface area contributed by atoms with Crippen molar-refractivity contribution in [1.29, 1.82) is 0 Å². The van der Waals surface area contributed by atoms with E-state index in [1.165, 1.54) is 23.5 Å². The molecule has 134 valence electrons. The van der Waals surface area contributed by atoms with Crippen molar-refractivity contribution in [2.45, 2.75) is 38.5 Å². The van der Waals surface area contributed by atoms with Crippen LogP contribution in [0.25, 0.3) is 0 Å². The number of aromatic nitrogens is 2. The Hall–Kier alpha value is -1.86. The minimum absolute atomic E-state index is 0.130. The molecule has 1 aliphatic heterocycles. The molecule has 5 nitrogen and oxygen atoms in total. The van der Waals surface area contributed by atoms with Crippen molar-refractivity contribution in [3.63, 3.8) is 0 Å². The largest absolute Gasteiger partial charge is 0.381 e. The summed E-state index contributed by atoms with van der Waals surface area (Å²) in [6, 6.07) is 6.16. The Morgan fingerprint density at radius 2 is 1.96 bits per heavy atom. The van der Waals surface area contributed by atoms with E-state index in [2.05, 4.69) is 29.4 Å². The maximum Gasteiger partial charge on any atom is 0.237 e. The van der Waals surface area contributed by atoms with E-state index in [-0.39, 0.29) is 11.7 Å².